The van der Waals surface area contributed by atoms with E-state index in [1.165, 1.54) is 36.0 Å². The molecule has 0 unspecified atom stereocenters. The zero-order chi connectivity index (χ0) is 33.0. The monoisotopic (exact) mass is 731 g/mol. The molecule has 18 heteroatoms. The number of carbonyl (C=O) groups is 3. The van der Waals surface area contributed by atoms with E-state index in [4.69, 9.17) is 17.3 Å². The van der Waals surface area contributed by atoms with E-state index in [9.17, 15) is 27.6 Å². The Morgan fingerprint density at radius 3 is 2.38 bits per heavy atom. The van der Waals surface area contributed by atoms with Gasteiger partial charge in [-0.15, -0.1) is 24.8 Å². The van der Waals surface area contributed by atoms with Crippen molar-refractivity contribution in [3.05, 3.63) is 52.7 Å². The van der Waals surface area contributed by atoms with Crippen molar-refractivity contribution < 1.29 is 27.6 Å². The van der Waals surface area contributed by atoms with E-state index >= 15 is 0 Å². The van der Waals surface area contributed by atoms with Crippen LogP contribution in [0.4, 0.5) is 18.9 Å². The van der Waals surface area contributed by atoms with Gasteiger partial charge in [-0.1, -0.05) is 23.4 Å². The maximum Gasteiger partial charge on any atom is 0.435 e. The minimum absolute atomic E-state index is 0. The summed E-state index contributed by atoms with van der Waals surface area (Å²) in [5.41, 5.74) is 4.43. The first-order valence-corrected chi connectivity index (χ1v) is 15.1. The molecular weight excluding hydrogens is 698 g/mol. The fraction of sp³-hybridized carbons (Fsp3) is 0.433. The van der Waals surface area contributed by atoms with Crippen LogP contribution in [0.5, 0.6) is 0 Å². The number of nitrogens with zero attached hydrogens (tertiary/aromatic N) is 6. The van der Waals surface area contributed by atoms with Crippen LogP contribution in [0.25, 0.3) is 11.3 Å². The molecule has 5 rings (SSSR count). The number of carbonyl (C=O) groups excluding carboxylic acids is 3. The molecule has 0 spiro atoms. The molecule has 4 N–H and O–H groups in total. The Labute approximate surface area is 292 Å². The Morgan fingerprint density at radius 1 is 1.08 bits per heavy atom. The van der Waals surface area contributed by atoms with Crippen LogP contribution in [0, 0.1) is 17.8 Å². The largest absolute Gasteiger partial charge is 0.435 e. The Morgan fingerprint density at radius 2 is 1.75 bits per heavy atom. The highest BCUT2D eigenvalue weighted by molar-refractivity contribution is 6.34. The van der Waals surface area contributed by atoms with E-state index in [2.05, 4.69) is 32.6 Å². The van der Waals surface area contributed by atoms with Crippen molar-refractivity contribution in [3.63, 3.8) is 0 Å². The van der Waals surface area contributed by atoms with E-state index in [0.717, 1.165) is 36.8 Å². The third kappa shape index (κ3) is 8.61. The number of hydrogen-bond acceptors (Lipinski definition) is 7. The highest BCUT2D eigenvalue weighted by atomic mass is 35.5. The van der Waals surface area contributed by atoms with Gasteiger partial charge >= 0.3 is 6.18 Å². The van der Waals surface area contributed by atoms with E-state index in [1.54, 1.807) is 4.90 Å². The van der Waals surface area contributed by atoms with Crippen LogP contribution >= 0.6 is 36.4 Å². The van der Waals surface area contributed by atoms with Crippen molar-refractivity contribution in [2.75, 3.05) is 51.1 Å². The quantitative estimate of drug-likeness (QED) is 0.330. The Hall–Kier alpha value is -3.81. The predicted molar refractivity (Wildman–Crippen MR) is 178 cm³/mol. The van der Waals surface area contributed by atoms with E-state index < -0.39 is 17.8 Å². The van der Waals surface area contributed by atoms with Crippen molar-refractivity contribution in [2.45, 2.75) is 25.6 Å². The average molecular weight is 733 g/mol. The highest BCUT2D eigenvalue weighted by Gasteiger charge is 2.38. The molecule has 12 nitrogen and oxygen atoms in total. The summed E-state index contributed by atoms with van der Waals surface area (Å²) in [5.74, 6) is 4.20. The first-order chi connectivity index (χ1) is 22.0. The number of alkyl halides is 3. The van der Waals surface area contributed by atoms with Crippen molar-refractivity contribution in [1.29, 1.82) is 0 Å². The van der Waals surface area contributed by atoms with Gasteiger partial charge in [0, 0.05) is 51.0 Å². The van der Waals surface area contributed by atoms with Crippen molar-refractivity contribution >= 4 is 59.8 Å². The van der Waals surface area contributed by atoms with Crippen LogP contribution in [0.3, 0.4) is 0 Å². The second-order valence-corrected chi connectivity index (χ2v) is 11.4. The second-order valence-electron chi connectivity index (χ2n) is 11.0. The molecule has 0 radical (unpaired) electrons. The van der Waals surface area contributed by atoms with Gasteiger partial charge in [0.2, 0.25) is 5.91 Å². The zero-order valence-corrected chi connectivity index (χ0v) is 28.2. The first kappa shape index (κ1) is 38.6. The van der Waals surface area contributed by atoms with E-state index in [1.807, 2.05) is 4.90 Å². The molecule has 1 aromatic carbocycles. The van der Waals surface area contributed by atoms with Crippen molar-refractivity contribution in [2.24, 2.45) is 18.7 Å². The Bertz CT molecular complexity index is 1690. The third-order valence-corrected chi connectivity index (χ3v) is 8.30. The molecule has 2 fully saturated rings. The summed E-state index contributed by atoms with van der Waals surface area (Å²) in [6.07, 6.45) is -0.787. The third-order valence-electron chi connectivity index (χ3n) is 7.99. The second kappa shape index (κ2) is 16.5. The number of aromatic nitrogens is 4. The van der Waals surface area contributed by atoms with Gasteiger partial charge in [-0.2, -0.15) is 18.3 Å². The summed E-state index contributed by atoms with van der Waals surface area (Å²) >= 11 is 6.45. The van der Waals surface area contributed by atoms with Gasteiger partial charge in [0.1, 0.15) is 6.54 Å². The maximum atomic E-state index is 13.8. The molecule has 0 aliphatic carbocycles. The van der Waals surface area contributed by atoms with E-state index in [-0.39, 0.29) is 89.0 Å². The summed E-state index contributed by atoms with van der Waals surface area (Å²) in [7, 11) is 1.41. The van der Waals surface area contributed by atoms with Crippen molar-refractivity contribution in [1.82, 2.24) is 34.4 Å². The molecule has 2 aliphatic heterocycles. The summed E-state index contributed by atoms with van der Waals surface area (Å²) in [4.78, 5) is 46.7. The number of nitrogens with two attached hydrogens (primary N) is 1. The molecule has 2 aliphatic rings. The summed E-state index contributed by atoms with van der Waals surface area (Å²) in [6.45, 7) is 3.26. The molecule has 2 aromatic heterocycles. The molecule has 3 aromatic rings. The number of rotatable bonds is 6. The predicted octanol–water partition coefficient (Wildman–Crippen LogP) is 3.30. The molecule has 4 heterocycles. The standard InChI is InChI=1S/C30H33ClF3N9O3.2ClH/c1-40-24(22-18-43(11-3-2-8-35)39-25(22)30(32,33)34)17-37-26(40)27(44)38-20-4-5-21(23(31)16-20)29(46)42-14-12-41(13-15-42)28(45)19-6-9-36-10-7-19;;/h4-5,16-19,36H,6-15,35H2,1H3,(H,38,44);2*1H. The molecule has 260 valence electrons. The van der Waals surface area contributed by atoms with Crippen LogP contribution in [-0.2, 0) is 24.6 Å². The van der Waals surface area contributed by atoms with Gasteiger partial charge in [0.15, 0.2) is 11.5 Å². The topological polar surface area (TPSA) is 143 Å². The van der Waals surface area contributed by atoms with Crippen LogP contribution in [0.1, 0.15) is 39.5 Å². The van der Waals surface area contributed by atoms with Crippen LogP contribution in [0.15, 0.2) is 30.6 Å². The minimum Gasteiger partial charge on any atom is -0.339 e. The van der Waals surface area contributed by atoms with Gasteiger partial charge in [0.25, 0.3) is 11.8 Å². The van der Waals surface area contributed by atoms with Crippen LogP contribution in [-0.4, -0.2) is 92.7 Å². The molecule has 0 bridgehead atoms. The fourth-order valence-corrected chi connectivity index (χ4v) is 5.82. The lowest BCUT2D eigenvalue weighted by molar-refractivity contribution is -0.141. The number of imidazole rings is 1. The molecule has 3 amide bonds. The lowest BCUT2D eigenvalue weighted by atomic mass is 9.96. The molecule has 0 atom stereocenters. The molecule has 0 saturated carbocycles. The number of hydrogen-bond donors (Lipinski definition) is 3. The van der Waals surface area contributed by atoms with Crippen molar-refractivity contribution in [3.8, 4) is 23.1 Å². The first-order valence-electron chi connectivity index (χ1n) is 14.7. The zero-order valence-electron chi connectivity index (χ0n) is 25.8. The molecule has 2 saturated heterocycles. The SMILES string of the molecule is Cl.Cl.Cn1c(-c2cn(CC#CCN)nc2C(F)(F)F)cnc1C(=O)Nc1ccc(C(=O)N2CCN(C(=O)C3CCNCC3)CC2)c(Cl)c1. The summed E-state index contributed by atoms with van der Waals surface area (Å²) < 4.78 is 43.6. The average Bonchev–Trinajstić information content (AvgIpc) is 3.64. The maximum absolute atomic E-state index is 13.8. The van der Waals surface area contributed by atoms with Gasteiger partial charge < -0.3 is 30.7 Å². The molecule has 48 heavy (non-hydrogen) atoms. The number of nitrogens with one attached hydrogen (secondary N) is 2. The normalized spacial score (nSPS) is 15.1. The smallest absolute Gasteiger partial charge is 0.339 e. The van der Waals surface area contributed by atoms with Crippen LogP contribution in [0.2, 0.25) is 5.02 Å². The van der Waals surface area contributed by atoms with Crippen LogP contribution < -0.4 is 16.4 Å². The van der Waals surface area contributed by atoms with E-state index in [0.29, 0.717) is 26.2 Å². The number of anilines is 1. The lowest BCUT2D eigenvalue weighted by Gasteiger charge is -2.37. The number of benzene rings is 1. The number of halogens is 6. The number of piperidine rings is 1. The van der Waals surface area contributed by atoms with Gasteiger partial charge in [-0.3, -0.25) is 19.1 Å². The Balaban J connectivity index is 0.00000312. The Kier molecular flexibility index (Phi) is 13.3. The fourth-order valence-electron chi connectivity index (χ4n) is 5.56. The minimum atomic E-state index is -4.76. The summed E-state index contributed by atoms with van der Waals surface area (Å²) in [6, 6.07) is 4.42. The number of piperazine rings is 1. The highest BCUT2D eigenvalue weighted by Crippen LogP contribution is 2.36. The van der Waals surface area contributed by atoms with Gasteiger partial charge in [-0.05, 0) is 44.1 Å². The summed E-state index contributed by atoms with van der Waals surface area (Å²) in [5, 5.41) is 9.63. The number of amides is 3. The lowest BCUT2D eigenvalue weighted by Crippen LogP contribution is -2.52. The van der Waals surface area contributed by atoms with Gasteiger partial charge in [0.05, 0.1) is 34.6 Å². The molecular formula is C30H35Cl3F3N9O3. The van der Waals surface area contributed by atoms with Gasteiger partial charge in [-0.25, -0.2) is 4.98 Å².